The van der Waals surface area contributed by atoms with Crippen LogP contribution in [0.2, 0.25) is 0 Å². The molecule has 60 valence electrons. The molecule has 0 amide bonds. The summed E-state index contributed by atoms with van der Waals surface area (Å²) in [6.45, 7) is 1.53. The minimum Gasteiger partial charge on any atom is -0.507 e. The third kappa shape index (κ3) is 1.35. The molecule has 1 aromatic carbocycles. The van der Waals surface area contributed by atoms with Crippen molar-refractivity contribution in [3.63, 3.8) is 0 Å². The Balaban J connectivity index is 3.46. The van der Waals surface area contributed by atoms with Crippen LogP contribution in [0.15, 0.2) is 6.07 Å². The van der Waals surface area contributed by atoms with E-state index >= 15 is 0 Å². The van der Waals surface area contributed by atoms with Crippen molar-refractivity contribution in [3.05, 3.63) is 15.2 Å². The van der Waals surface area contributed by atoms with Gasteiger partial charge in [-0.1, -0.05) is 0 Å². The molecule has 0 unspecified atom stereocenters. The van der Waals surface area contributed by atoms with Crippen molar-refractivity contribution in [1.29, 1.82) is 0 Å². The maximum Gasteiger partial charge on any atom is 0.171 e. The summed E-state index contributed by atoms with van der Waals surface area (Å²) in [5.74, 6) is -0.444. The molecule has 0 atom stereocenters. The van der Waals surface area contributed by atoms with Gasteiger partial charge in [0.2, 0.25) is 0 Å². The van der Waals surface area contributed by atoms with Gasteiger partial charge in [-0.15, -0.1) is 0 Å². The molecule has 0 bridgehead atoms. The fourth-order valence-corrected chi connectivity index (χ4v) is 1.26. The molecule has 0 saturated carbocycles. The van der Waals surface area contributed by atoms with Gasteiger partial charge >= 0.3 is 0 Å². The van der Waals surface area contributed by atoms with Crippen LogP contribution in [0, 0.1) is 10.5 Å². The number of hydrogen-bond acceptors (Lipinski definition) is 3. The summed E-state index contributed by atoms with van der Waals surface area (Å²) in [5, 5.41) is 27.4. The van der Waals surface area contributed by atoms with Crippen molar-refractivity contribution in [1.82, 2.24) is 0 Å². The van der Waals surface area contributed by atoms with Gasteiger partial charge in [-0.25, -0.2) is 0 Å². The molecular weight excluding hydrogens is 259 g/mol. The lowest BCUT2D eigenvalue weighted by Gasteiger charge is -2.05. The minimum atomic E-state index is -0.255. The highest BCUT2D eigenvalue weighted by molar-refractivity contribution is 14.1. The molecule has 0 radical (unpaired) electrons. The second-order valence-corrected chi connectivity index (χ2v) is 3.36. The third-order valence-electron chi connectivity index (χ3n) is 1.45. The Morgan fingerprint density at radius 2 is 1.73 bits per heavy atom. The molecule has 0 saturated heterocycles. The van der Waals surface area contributed by atoms with Crippen LogP contribution in [0.5, 0.6) is 17.2 Å². The number of phenolic OH excluding ortho intramolecular Hbond substituents is 3. The lowest BCUT2D eigenvalue weighted by atomic mass is 10.2. The SMILES string of the molecule is Cc1c(O)cc(I)c(O)c1O. The smallest absolute Gasteiger partial charge is 0.171 e. The Labute approximate surface area is 77.4 Å². The largest absolute Gasteiger partial charge is 0.507 e. The van der Waals surface area contributed by atoms with E-state index in [1.54, 1.807) is 0 Å². The zero-order valence-corrected chi connectivity index (χ0v) is 7.95. The van der Waals surface area contributed by atoms with Gasteiger partial charge in [-0.05, 0) is 35.6 Å². The summed E-state index contributed by atoms with van der Waals surface area (Å²) < 4.78 is 0.434. The molecule has 0 fully saturated rings. The maximum absolute atomic E-state index is 9.15. The van der Waals surface area contributed by atoms with E-state index < -0.39 is 0 Å². The summed E-state index contributed by atoms with van der Waals surface area (Å²) in [6, 6.07) is 1.39. The number of rotatable bonds is 0. The maximum atomic E-state index is 9.15. The molecule has 0 aliphatic carbocycles. The van der Waals surface area contributed by atoms with Crippen molar-refractivity contribution in [3.8, 4) is 17.2 Å². The molecular formula is C7H7IO3. The number of hydrogen-bond donors (Lipinski definition) is 3. The molecule has 3 N–H and O–H groups in total. The fraction of sp³-hybridized carbons (Fsp3) is 0.143. The van der Waals surface area contributed by atoms with Crippen molar-refractivity contribution < 1.29 is 15.3 Å². The first-order valence-electron chi connectivity index (χ1n) is 2.94. The predicted octanol–water partition coefficient (Wildman–Crippen LogP) is 1.72. The van der Waals surface area contributed by atoms with Crippen molar-refractivity contribution in [2.24, 2.45) is 0 Å². The number of halogens is 1. The van der Waals surface area contributed by atoms with E-state index in [0.29, 0.717) is 9.13 Å². The molecule has 1 rings (SSSR count). The Morgan fingerprint density at radius 3 is 2.27 bits per heavy atom. The first-order valence-corrected chi connectivity index (χ1v) is 4.02. The van der Waals surface area contributed by atoms with E-state index in [4.69, 9.17) is 15.3 Å². The average Bonchev–Trinajstić information content (AvgIpc) is 1.97. The highest BCUT2D eigenvalue weighted by Crippen LogP contribution is 2.38. The van der Waals surface area contributed by atoms with Gasteiger partial charge in [0.05, 0.1) is 3.57 Å². The molecule has 0 heterocycles. The molecule has 3 nitrogen and oxygen atoms in total. The van der Waals surface area contributed by atoms with Crippen molar-refractivity contribution >= 4 is 22.6 Å². The van der Waals surface area contributed by atoms with E-state index in [1.165, 1.54) is 13.0 Å². The summed E-state index contributed by atoms with van der Waals surface area (Å²) in [4.78, 5) is 0. The molecule has 0 aliphatic heterocycles. The lowest BCUT2D eigenvalue weighted by Crippen LogP contribution is -1.81. The zero-order valence-electron chi connectivity index (χ0n) is 5.80. The molecule has 4 heteroatoms. The van der Waals surface area contributed by atoms with Gasteiger partial charge < -0.3 is 15.3 Å². The molecule has 0 aromatic heterocycles. The zero-order chi connectivity index (χ0) is 8.59. The Morgan fingerprint density at radius 1 is 1.18 bits per heavy atom. The standard InChI is InChI=1S/C7H7IO3/c1-3-5(9)2-4(8)7(11)6(3)10/h2,9-11H,1H3. The van der Waals surface area contributed by atoms with Crippen LogP contribution < -0.4 is 0 Å². The van der Waals surface area contributed by atoms with Gasteiger partial charge in [0.15, 0.2) is 11.5 Å². The number of benzene rings is 1. The van der Waals surface area contributed by atoms with Crippen molar-refractivity contribution in [2.45, 2.75) is 6.92 Å². The van der Waals surface area contributed by atoms with Crippen LogP contribution in [0.25, 0.3) is 0 Å². The van der Waals surface area contributed by atoms with Crippen molar-refractivity contribution in [2.75, 3.05) is 0 Å². The fourth-order valence-electron chi connectivity index (χ4n) is 0.709. The first kappa shape index (κ1) is 8.45. The predicted molar refractivity (Wildman–Crippen MR) is 48.9 cm³/mol. The summed E-state index contributed by atoms with van der Waals surface area (Å²) in [7, 11) is 0. The van der Waals surface area contributed by atoms with E-state index in [0.717, 1.165) is 0 Å². The molecule has 0 aliphatic rings. The highest BCUT2D eigenvalue weighted by Gasteiger charge is 2.10. The normalized spacial score (nSPS) is 10.0. The van der Waals surface area contributed by atoms with E-state index in [-0.39, 0.29) is 17.2 Å². The second kappa shape index (κ2) is 2.77. The third-order valence-corrected chi connectivity index (χ3v) is 2.28. The van der Waals surface area contributed by atoms with Gasteiger partial charge in [0.1, 0.15) is 5.75 Å². The lowest BCUT2D eigenvalue weighted by molar-refractivity contribution is 0.389. The highest BCUT2D eigenvalue weighted by atomic mass is 127. The summed E-state index contributed by atoms with van der Waals surface area (Å²) in [6.07, 6.45) is 0. The van der Waals surface area contributed by atoms with Gasteiger partial charge in [-0.3, -0.25) is 0 Å². The van der Waals surface area contributed by atoms with E-state index in [9.17, 15) is 0 Å². The van der Waals surface area contributed by atoms with Crippen LogP contribution in [-0.2, 0) is 0 Å². The van der Waals surface area contributed by atoms with Crippen LogP contribution in [0.4, 0.5) is 0 Å². The molecule has 11 heavy (non-hydrogen) atoms. The van der Waals surface area contributed by atoms with Gasteiger partial charge in [0, 0.05) is 5.56 Å². The summed E-state index contributed by atoms with van der Waals surface area (Å²) in [5.41, 5.74) is 0.294. The Hall–Kier alpha value is -0.650. The monoisotopic (exact) mass is 266 g/mol. The average molecular weight is 266 g/mol. The van der Waals surface area contributed by atoms with Crippen LogP contribution in [-0.4, -0.2) is 15.3 Å². The molecule has 1 aromatic rings. The molecule has 0 spiro atoms. The van der Waals surface area contributed by atoms with E-state index in [1.807, 2.05) is 22.6 Å². The van der Waals surface area contributed by atoms with Gasteiger partial charge in [0.25, 0.3) is 0 Å². The number of phenols is 3. The van der Waals surface area contributed by atoms with E-state index in [2.05, 4.69) is 0 Å². The Kier molecular flexibility index (Phi) is 2.12. The number of aromatic hydroxyl groups is 3. The Bertz CT molecular complexity index is 270. The topological polar surface area (TPSA) is 60.7 Å². The quantitative estimate of drug-likeness (QED) is 0.380. The minimum absolute atomic E-state index is 0.00954. The van der Waals surface area contributed by atoms with Gasteiger partial charge in [-0.2, -0.15) is 0 Å². The first-order chi connectivity index (χ1) is 5.04. The van der Waals surface area contributed by atoms with Crippen LogP contribution >= 0.6 is 22.6 Å². The van der Waals surface area contributed by atoms with Crippen LogP contribution in [0.3, 0.4) is 0 Å². The van der Waals surface area contributed by atoms with Crippen LogP contribution in [0.1, 0.15) is 5.56 Å². The second-order valence-electron chi connectivity index (χ2n) is 2.20. The summed E-state index contributed by atoms with van der Waals surface area (Å²) >= 11 is 1.82.